The van der Waals surface area contributed by atoms with E-state index in [-0.39, 0.29) is 11.5 Å². The van der Waals surface area contributed by atoms with Crippen LogP contribution in [0, 0.1) is 72.7 Å². The summed E-state index contributed by atoms with van der Waals surface area (Å²) in [6.07, 6.45) is 5.41. The van der Waals surface area contributed by atoms with Gasteiger partial charge in [-0.05, 0) is 55.8 Å². The summed E-state index contributed by atoms with van der Waals surface area (Å²) in [6, 6.07) is 14.1. The molecule has 14 heteroatoms. The summed E-state index contributed by atoms with van der Waals surface area (Å²) < 4.78 is 163. The van der Waals surface area contributed by atoms with Crippen LogP contribution in [-0.4, -0.2) is 13.0 Å². The minimum atomic E-state index is -5.31. The fraction of sp³-hybridized carbons (Fsp3) is 0.0588. The van der Waals surface area contributed by atoms with Gasteiger partial charge in [-0.2, -0.15) is 17.2 Å². The highest BCUT2D eigenvalue weighted by Gasteiger charge is 2.35. The number of ether oxygens (including phenoxy) is 2. The van der Waals surface area contributed by atoms with Gasteiger partial charge in [0.1, 0.15) is 22.1 Å². The zero-order chi connectivity index (χ0) is 35.2. The van der Waals surface area contributed by atoms with E-state index < -0.39 is 89.7 Å². The summed E-state index contributed by atoms with van der Waals surface area (Å²) in [5, 5.41) is 0. The number of benzene rings is 5. The summed E-state index contributed by atoms with van der Waals surface area (Å²) in [5.74, 6) is -19.5. The number of aryl methyl sites for hydroxylation is 1. The predicted octanol–water partition coefficient (Wildman–Crippen LogP) is 9.56. The Kier molecular flexibility index (Phi) is 8.96. The van der Waals surface area contributed by atoms with E-state index in [2.05, 4.69) is 5.92 Å². The summed E-state index contributed by atoms with van der Waals surface area (Å²) in [6.45, 7) is 2.40. The van der Waals surface area contributed by atoms with Crippen LogP contribution in [0.5, 0.6) is 23.0 Å². The third kappa shape index (κ3) is 6.05. The Morgan fingerprint density at radius 2 is 1.17 bits per heavy atom. The highest BCUT2D eigenvalue weighted by Crippen LogP contribution is 2.43. The summed E-state index contributed by atoms with van der Waals surface area (Å²) in [7, 11) is -5.31. The summed E-state index contributed by atoms with van der Waals surface area (Å²) in [5.41, 5.74) is -2.84. The molecule has 0 amide bonds. The molecular weight excluding hydrogens is 672 g/mol. The second kappa shape index (κ2) is 12.7. The molecule has 1 N–H and O–H groups in total. The minimum absolute atomic E-state index is 0.185. The van der Waals surface area contributed by atoms with Crippen molar-refractivity contribution < 1.29 is 57.6 Å². The Balaban J connectivity index is 1.58. The predicted molar refractivity (Wildman–Crippen MR) is 157 cm³/mol. The van der Waals surface area contributed by atoms with E-state index in [9.17, 15) is 30.5 Å². The van der Waals surface area contributed by atoms with Gasteiger partial charge in [-0.15, -0.1) is 6.42 Å². The van der Waals surface area contributed by atoms with Gasteiger partial charge in [0.15, 0.2) is 34.9 Å². The lowest BCUT2D eigenvalue weighted by atomic mass is 9.99. The quantitative estimate of drug-likeness (QED) is 0.0798. The normalized spacial score (nSPS) is 11.4. The summed E-state index contributed by atoms with van der Waals surface area (Å²) in [4.78, 5) is -1.18. The molecule has 0 saturated carbocycles. The third-order valence-corrected chi connectivity index (χ3v) is 7.96. The Morgan fingerprint density at radius 1 is 0.646 bits per heavy atom. The maximum Gasteiger partial charge on any atom is 0.298 e. The van der Waals surface area contributed by atoms with Crippen molar-refractivity contribution in [2.75, 3.05) is 0 Å². The highest BCUT2D eigenvalue weighted by atomic mass is 32.2. The zero-order valence-corrected chi connectivity index (χ0v) is 25.2. The minimum Gasteiger partial charge on any atom is -0.457 e. The smallest absolute Gasteiger partial charge is 0.298 e. The van der Waals surface area contributed by atoms with E-state index in [4.69, 9.17) is 15.9 Å². The van der Waals surface area contributed by atoms with Gasteiger partial charge >= 0.3 is 0 Å². The maximum absolute atomic E-state index is 15.1. The SMILES string of the molecule is C#Cc1ccc(-c2cc(C)ccc2Oc2ccc(Oc3c(F)c(F)c(-c4c(F)c(F)c(C)c(F)c4F)c(F)c3F)c(S(=O)(=O)O)c2)cc1. The second-order valence-electron chi connectivity index (χ2n) is 10.2. The van der Waals surface area contributed by atoms with Gasteiger partial charge < -0.3 is 9.47 Å². The molecule has 5 nitrogen and oxygen atoms in total. The lowest BCUT2D eigenvalue weighted by Gasteiger charge is -2.17. The molecule has 5 aromatic carbocycles. The average molecular weight is 691 g/mol. The van der Waals surface area contributed by atoms with Crippen LogP contribution in [0.3, 0.4) is 0 Å². The fourth-order valence-electron chi connectivity index (χ4n) is 4.66. The molecule has 0 aliphatic heterocycles. The molecule has 0 aliphatic carbocycles. The van der Waals surface area contributed by atoms with E-state index in [0.29, 0.717) is 29.7 Å². The first-order valence-corrected chi connectivity index (χ1v) is 14.8. The molecule has 0 radical (unpaired) electrons. The van der Waals surface area contributed by atoms with E-state index >= 15 is 17.6 Å². The van der Waals surface area contributed by atoms with Gasteiger partial charge in [-0.1, -0.05) is 29.7 Å². The lowest BCUT2D eigenvalue weighted by Crippen LogP contribution is -2.10. The third-order valence-electron chi connectivity index (χ3n) is 7.09. The number of rotatable bonds is 7. The Morgan fingerprint density at radius 3 is 1.69 bits per heavy atom. The summed E-state index contributed by atoms with van der Waals surface area (Å²) >= 11 is 0. The first-order valence-electron chi connectivity index (χ1n) is 13.4. The number of terminal acetylenes is 1. The van der Waals surface area contributed by atoms with Gasteiger partial charge in [0.2, 0.25) is 17.4 Å². The van der Waals surface area contributed by atoms with Gasteiger partial charge in [0.05, 0.1) is 11.1 Å². The zero-order valence-electron chi connectivity index (χ0n) is 24.4. The van der Waals surface area contributed by atoms with Crippen molar-refractivity contribution in [2.24, 2.45) is 0 Å². The van der Waals surface area contributed by atoms with Crippen LogP contribution in [-0.2, 0) is 10.1 Å². The largest absolute Gasteiger partial charge is 0.457 e. The van der Waals surface area contributed by atoms with Crippen LogP contribution in [0.15, 0.2) is 65.6 Å². The molecular formula is C34H18F8O5S. The molecule has 0 aliphatic rings. The molecule has 5 aromatic rings. The van der Waals surface area contributed by atoms with Crippen LogP contribution in [0.2, 0.25) is 0 Å². The fourth-order valence-corrected chi connectivity index (χ4v) is 5.29. The lowest BCUT2D eigenvalue weighted by molar-refractivity contribution is 0.359. The van der Waals surface area contributed by atoms with E-state index in [1.165, 1.54) is 0 Å². The van der Waals surface area contributed by atoms with Crippen molar-refractivity contribution in [1.29, 1.82) is 0 Å². The topological polar surface area (TPSA) is 72.8 Å². The highest BCUT2D eigenvalue weighted by molar-refractivity contribution is 7.86. The monoisotopic (exact) mass is 690 g/mol. The molecule has 5 rings (SSSR count). The maximum atomic E-state index is 15.1. The van der Waals surface area contributed by atoms with Gasteiger partial charge in [0.25, 0.3) is 10.1 Å². The van der Waals surface area contributed by atoms with Crippen molar-refractivity contribution in [3.63, 3.8) is 0 Å². The average Bonchev–Trinajstić information content (AvgIpc) is 3.06. The molecule has 0 spiro atoms. The second-order valence-corrected chi connectivity index (χ2v) is 11.6. The standard InChI is InChI=1S/C34H18F8O5S/c1-4-17-6-8-18(9-7-17)20-13-15(2)5-11-21(20)46-19-10-12-22(23(14-19)48(43,44)45)47-34-32(41)30(39)25(31(40)33(34)42)24-28(37)26(35)16(3)27(36)29(24)38/h1,5-14H,2-3H3,(H,43,44,45). The number of hydrogen-bond acceptors (Lipinski definition) is 4. The Labute approximate surface area is 267 Å². The first-order chi connectivity index (χ1) is 22.5. The molecule has 246 valence electrons. The van der Waals surface area contributed by atoms with E-state index in [1.807, 2.05) is 0 Å². The molecule has 0 atom stereocenters. The molecule has 0 unspecified atom stereocenters. The van der Waals surface area contributed by atoms with Crippen LogP contribution in [0.1, 0.15) is 16.7 Å². The number of hydrogen-bond donors (Lipinski definition) is 1. The van der Waals surface area contributed by atoms with Gasteiger partial charge in [-0.25, -0.2) is 26.3 Å². The molecule has 0 aromatic heterocycles. The van der Waals surface area contributed by atoms with Crippen LogP contribution < -0.4 is 9.47 Å². The van der Waals surface area contributed by atoms with E-state index in [0.717, 1.165) is 17.7 Å². The first kappa shape index (κ1) is 34.0. The molecule has 0 saturated heterocycles. The van der Waals surface area contributed by atoms with Crippen molar-refractivity contribution >= 4 is 10.1 Å². The van der Waals surface area contributed by atoms with Crippen molar-refractivity contribution in [2.45, 2.75) is 18.7 Å². The van der Waals surface area contributed by atoms with Crippen molar-refractivity contribution in [3.05, 3.63) is 124 Å². The molecule has 48 heavy (non-hydrogen) atoms. The van der Waals surface area contributed by atoms with Crippen LogP contribution >= 0.6 is 0 Å². The van der Waals surface area contributed by atoms with Crippen molar-refractivity contribution in [1.82, 2.24) is 0 Å². The van der Waals surface area contributed by atoms with Crippen LogP contribution in [0.25, 0.3) is 22.3 Å². The molecule has 0 heterocycles. The molecule has 0 fully saturated rings. The van der Waals surface area contributed by atoms with Crippen molar-refractivity contribution in [3.8, 4) is 57.6 Å². The van der Waals surface area contributed by atoms with Gasteiger partial charge in [-0.3, -0.25) is 4.55 Å². The molecule has 0 bridgehead atoms. The Hall–Kier alpha value is -5.39. The van der Waals surface area contributed by atoms with Crippen LogP contribution in [0.4, 0.5) is 35.1 Å². The van der Waals surface area contributed by atoms with Gasteiger partial charge in [0, 0.05) is 22.8 Å². The Bertz CT molecular complexity index is 2220. The number of halogens is 8. The van der Waals surface area contributed by atoms with E-state index in [1.54, 1.807) is 49.4 Å².